The largest absolute Gasteiger partial charge is 0.0761 e. The number of hydrogen-bond donors (Lipinski definition) is 0. The molecule has 0 heteroatoms. The van der Waals surface area contributed by atoms with Gasteiger partial charge < -0.3 is 0 Å². The molecule has 2 aliphatic carbocycles. The van der Waals surface area contributed by atoms with Crippen molar-refractivity contribution in [3.8, 4) is 0 Å². The molecule has 0 aliphatic heterocycles. The van der Waals surface area contributed by atoms with E-state index in [-0.39, 0.29) is 0 Å². The van der Waals surface area contributed by atoms with Gasteiger partial charge in [-0.15, -0.1) is 0 Å². The molecule has 2 atom stereocenters. The predicted octanol–water partition coefficient (Wildman–Crippen LogP) is 5.75. The van der Waals surface area contributed by atoms with Crippen LogP contribution in [-0.4, -0.2) is 0 Å². The Hall–Kier alpha value is -1.04. The van der Waals surface area contributed by atoms with Crippen molar-refractivity contribution in [2.75, 3.05) is 0 Å². The lowest BCUT2D eigenvalue weighted by molar-refractivity contribution is 0.280. The first-order valence-corrected chi connectivity index (χ1v) is 8.46. The van der Waals surface area contributed by atoms with Gasteiger partial charge in [-0.3, -0.25) is 0 Å². The monoisotopic (exact) mass is 268 g/mol. The van der Waals surface area contributed by atoms with Gasteiger partial charge in [0.15, 0.2) is 0 Å². The molecule has 0 nitrogen and oxygen atoms in total. The molecule has 0 heterocycles. The molecule has 0 spiro atoms. The quantitative estimate of drug-likeness (QED) is 0.652. The van der Waals surface area contributed by atoms with Crippen molar-refractivity contribution in [1.29, 1.82) is 0 Å². The molecule has 20 heavy (non-hydrogen) atoms. The van der Waals surface area contributed by atoms with Crippen LogP contribution in [0.2, 0.25) is 0 Å². The third-order valence-electron chi connectivity index (χ3n) is 6.14. The van der Waals surface area contributed by atoms with Gasteiger partial charge in [0.25, 0.3) is 0 Å². The molecule has 0 radical (unpaired) electrons. The molecule has 0 fully saturated rings. The summed E-state index contributed by atoms with van der Waals surface area (Å²) in [6.45, 7) is 9.43. The molecular weight excluding hydrogens is 240 g/mol. The highest BCUT2D eigenvalue weighted by Gasteiger charge is 2.35. The molecule has 2 unspecified atom stereocenters. The third-order valence-corrected chi connectivity index (χ3v) is 6.14. The average Bonchev–Trinajstić information content (AvgIpc) is 3.04. The van der Waals surface area contributed by atoms with Gasteiger partial charge >= 0.3 is 0 Å². The number of fused-ring (bicyclic) bond motifs is 2. The summed E-state index contributed by atoms with van der Waals surface area (Å²) in [6.07, 6.45) is 11.3. The first-order valence-electron chi connectivity index (χ1n) is 8.46. The molecule has 0 saturated heterocycles. The Kier molecular flexibility index (Phi) is 3.52. The van der Waals surface area contributed by atoms with E-state index in [1.54, 1.807) is 16.7 Å². The fourth-order valence-electron chi connectivity index (χ4n) is 4.17. The number of allylic oxidation sites excluding steroid dienone is 1. The van der Waals surface area contributed by atoms with E-state index in [1.165, 1.54) is 37.7 Å². The zero-order valence-corrected chi connectivity index (χ0v) is 13.5. The minimum Gasteiger partial charge on any atom is -0.0761 e. The molecule has 3 rings (SSSR count). The summed E-state index contributed by atoms with van der Waals surface area (Å²) in [5.41, 5.74) is 6.91. The average molecular weight is 268 g/mol. The van der Waals surface area contributed by atoms with Gasteiger partial charge in [-0.05, 0) is 59.3 Å². The van der Waals surface area contributed by atoms with Gasteiger partial charge in [0, 0.05) is 5.92 Å². The number of rotatable bonds is 4. The van der Waals surface area contributed by atoms with Crippen molar-refractivity contribution in [2.24, 2.45) is 11.3 Å². The van der Waals surface area contributed by atoms with Crippen LogP contribution in [0.25, 0.3) is 6.08 Å². The Labute approximate surface area is 124 Å². The second-order valence-electron chi connectivity index (χ2n) is 7.08. The lowest BCUT2D eigenvalue weighted by Gasteiger charge is -2.25. The standard InChI is InChI=1S/C20H28/c1-5-14(4)18-9-8-15-10-16-12-20(6-2,7-3)13-17(16)11-19(15)18/h8-11,14,18H,5-7,12-13H2,1-4H3. The lowest BCUT2D eigenvalue weighted by atomic mass is 9.79. The highest BCUT2D eigenvalue weighted by molar-refractivity contribution is 5.65. The maximum Gasteiger partial charge on any atom is 0.00528 e. The second kappa shape index (κ2) is 5.06. The molecule has 0 N–H and O–H groups in total. The number of benzene rings is 1. The summed E-state index contributed by atoms with van der Waals surface area (Å²) < 4.78 is 0. The Morgan fingerprint density at radius 3 is 2.35 bits per heavy atom. The van der Waals surface area contributed by atoms with E-state index in [9.17, 15) is 0 Å². The molecule has 0 amide bonds. The summed E-state index contributed by atoms with van der Waals surface area (Å²) in [7, 11) is 0. The molecule has 0 aromatic heterocycles. The van der Waals surface area contributed by atoms with Gasteiger partial charge in [-0.25, -0.2) is 0 Å². The summed E-state index contributed by atoms with van der Waals surface area (Å²) in [5.74, 6) is 1.41. The van der Waals surface area contributed by atoms with E-state index in [1.807, 2.05) is 0 Å². The Morgan fingerprint density at radius 1 is 1.10 bits per heavy atom. The maximum absolute atomic E-state index is 2.55. The van der Waals surface area contributed by atoms with Crippen molar-refractivity contribution >= 4 is 6.08 Å². The molecule has 108 valence electrons. The van der Waals surface area contributed by atoms with Gasteiger partial charge in [0.05, 0.1) is 0 Å². The van der Waals surface area contributed by atoms with E-state index >= 15 is 0 Å². The summed E-state index contributed by atoms with van der Waals surface area (Å²) >= 11 is 0. The van der Waals surface area contributed by atoms with Crippen LogP contribution >= 0.6 is 0 Å². The van der Waals surface area contributed by atoms with Gasteiger partial charge in [0.2, 0.25) is 0 Å². The highest BCUT2D eigenvalue weighted by atomic mass is 14.4. The Balaban J connectivity index is 1.96. The van der Waals surface area contributed by atoms with Crippen molar-refractivity contribution in [1.82, 2.24) is 0 Å². The second-order valence-corrected chi connectivity index (χ2v) is 7.08. The first kappa shape index (κ1) is 13.9. The van der Waals surface area contributed by atoms with Crippen LogP contribution in [0.4, 0.5) is 0 Å². The fourth-order valence-corrected chi connectivity index (χ4v) is 4.17. The van der Waals surface area contributed by atoms with E-state index in [4.69, 9.17) is 0 Å². The predicted molar refractivity (Wildman–Crippen MR) is 88.1 cm³/mol. The van der Waals surface area contributed by atoms with Gasteiger partial charge in [-0.1, -0.05) is 58.4 Å². The van der Waals surface area contributed by atoms with Gasteiger partial charge in [-0.2, -0.15) is 0 Å². The van der Waals surface area contributed by atoms with Crippen LogP contribution < -0.4 is 0 Å². The molecular formula is C20H28. The first-order chi connectivity index (χ1) is 9.62. The molecule has 0 bridgehead atoms. The Bertz CT molecular complexity index is 531. The van der Waals surface area contributed by atoms with E-state index in [0.717, 1.165) is 5.92 Å². The van der Waals surface area contributed by atoms with Crippen LogP contribution in [0, 0.1) is 11.3 Å². The smallest absolute Gasteiger partial charge is 0.00528 e. The normalized spacial score (nSPS) is 23.7. The third kappa shape index (κ3) is 2.05. The molecule has 1 aromatic carbocycles. The summed E-state index contributed by atoms with van der Waals surface area (Å²) in [4.78, 5) is 0. The topological polar surface area (TPSA) is 0 Å². The molecule has 2 aliphatic rings. The highest BCUT2D eigenvalue weighted by Crippen LogP contribution is 2.46. The zero-order valence-electron chi connectivity index (χ0n) is 13.5. The van der Waals surface area contributed by atoms with E-state index in [0.29, 0.717) is 11.3 Å². The minimum atomic E-state index is 0.549. The van der Waals surface area contributed by atoms with Crippen LogP contribution in [0.5, 0.6) is 0 Å². The van der Waals surface area contributed by atoms with Crippen molar-refractivity contribution in [3.05, 3.63) is 40.5 Å². The van der Waals surface area contributed by atoms with E-state index < -0.39 is 0 Å². The summed E-state index contributed by atoms with van der Waals surface area (Å²) in [6, 6.07) is 5.05. The zero-order chi connectivity index (χ0) is 14.3. The van der Waals surface area contributed by atoms with Crippen molar-refractivity contribution in [3.63, 3.8) is 0 Å². The van der Waals surface area contributed by atoms with Crippen molar-refractivity contribution in [2.45, 2.75) is 65.7 Å². The SMILES string of the molecule is CCC(C)C1C=Cc2cc3c(cc21)CC(CC)(CC)C3. The molecule has 1 aromatic rings. The maximum atomic E-state index is 2.55. The van der Waals surface area contributed by atoms with Crippen LogP contribution in [0.1, 0.15) is 75.1 Å². The lowest BCUT2D eigenvalue weighted by Crippen LogP contribution is -2.18. The van der Waals surface area contributed by atoms with Crippen LogP contribution in [0.15, 0.2) is 18.2 Å². The number of hydrogen-bond acceptors (Lipinski definition) is 0. The van der Waals surface area contributed by atoms with Crippen LogP contribution in [-0.2, 0) is 12.8 Å². The minimum absolute atomic E-state index is 0.549. The Morgan fingerprint density at radius 2 is 1.75 bits per heavy atom. The van der Waals surface area contributed by atoms with E-state index in [2.05, 4.69) is 52.0 Å². The van der Waals surface area contributed by atoms with Gasteiger partial charge in [0.1, 0.15) is 0 Å². The van der Waals surface area contributed by atoms with Crippen LogP contribution in [0.3, 0.4) is 0 Å². The molecule has 0 saturated carbocycles. The fraction of sp³-hybridized carbons (Fsp3) is 0.600. The summed E-state index contributed by atoms with van der Waals surface area (Å²) in [5, 5.41) is 0. The van der Waals surface area contributed by atoms with Crippen molar-refractivity contribution < 1.29 is 0 Å².